The third-order valence-electron chi connectivity index (χ3n) is 12.8. The van der Waals surface area contributed by atoms with Gasteiger partial charge in [0.2, 0.25) is 0 Å². The molecule has 0 unspecified atom stereocenters. The van der Waals surface area contributed by atoms with Crippen LogP contribution in [0.2, 0.25) is 0 Å². The first-order chi connectivity index (χ1) is 27.8. The van der Waals surface area contributed by atoms with Crippen LogP contribution in [0.25, 0.3) is 98.8 Å². The minimum Gasteiger partial charge on any atom is -0.456 e. The van der Waals surface area contributed by atoms with Crippen LogP contribution < -0.4 is 0 Å². The molecule has 2 aliphatic rings. The predicted octanol–water partition coefficient (Wildman–Crippen LogP) is 14.7. The number of furan rings is 1. The monoisotopic (exact) mass is 708 g/mol. The van der Waals surface area contributed by atoms with Crippen LogP contribution in [-0.2, 0) is 5.41 Å². The fraction of sp³-hybridized carbons (Fsp3) is 0.0182. The lowest BCUT2D eigenvalue weighted by Gasteiger charge is -2.31. The van der Waals surface area contributed by atoms with Gasteiger partial charge in [-0.05, 0) is 135 Å². The molecule has 0 aliphatic heterocycles. The van der Waals surface area contributed by atoms with E-state index in [1.165, 1.54) is 99.1 Å². The van der Waals surface area contributed by atoms with Gasteiger partial charge >= 0.3 is 0 Å². The van der Waals surface area contributed by atoms with Crippen LogP contribution in [0.1, 0.15) is 22.3 Å². The van der Waals surface area contributed by atoms with E-state index in [1.807, 2.05) is 0 Å². The molecule has 1 nitrogen and oxygen atoms in total. The van der Waals surface area contributed by atoms with Crippen molar-refractivity contribution >= 4 is 54.3 Å². The summed E-state index contributed by atoms with van der Waals surface area (Å²) in [6.07, 6.45) is 0. The molecule has 0 bridgehead atoms. The van der Waals surface area contributed by atoms with Crippen LogP contribution in [0, 0.1) is 0 Å². The Morgan fingerprint density at radius 3 is 1.62 bits per heavy atom. The van der Waals surface area contributed by atoms with Crippen molar-refractivity contribution in [3.63, 3.8) is 0 Å². The lowest BCUT2D eigenvalue weighted by atomic mass is 9.70. The van der Waals surface area contributed by atoms with E-state index in [0.717, 1.165) is 21.9 Å². The van der Waals surface area contributed by atoms with Crippen LogP contribution in [0.15, 0.2) is 199 Å². The molecule has 0 saturated carbocycles. The van der Waals surface area contributed by atoms with Gasteiger partial charge in [0.25, 0.3) is 0 Å². The van der Waals surface area contributed by atoms with Gasteiger partial charge in [-0.2, -0.15) is 0 Å². The van der Waals surface area contributed by atoms with Crippen LogP contribution in [0.5, 0.6) is 0 Å². The van der Waals surface area contributed by atoms with Gasteiger partial charge in [-0.15, -0.1) is 0 Å². The van der Waals surface area contributed by atoms with Gasteiger partial charge in [0, 0.05) is 10.8 Å². The molecule has 0 radical (unpaired) electrons. The van der Waals surface area contributed by atoms with E-state index in [-0.39, 0.29) is 0 Å². The Bertz CT molecular complexity index is 3440. The summed E-state index contributed by atoms with van der Waals surface area (Å²) in [6.45, 7) is 0. The quantitative estimate of drug-likeness (QED) is 0.174. The van der Waals surface area contributed by atoms with E-state index in [4.69, 9.17) is 4.42 Å². The van der Waals surface area contributed by atoms with Gasteiger partial charge < -0.3 is 4.42 Å². The highest BCUT2D eigenvalue weighted by atomic mass is 16.3. The zero-order chi connectivity index (χ0) is 36.5. The molecule has 11 aromatic rings. The first-order valence-corrected chi connectivity index (χ1v) is 19.5. The molecule has 0 amide bonds. The van der Waals surface area contributed by atoms with Crippen molar-refractivity contribution in [1.82, 2.24) is 0 Å². The Balaban J connectivity index is 1.16. The molecule has 1 spiro atoms. The number of rotatable bonds is 2. The van der Waals surface area contributed by atoms with E-state index < -0.39 is 5.41 Å². The second-order valence-electron chi connectivity index (χ2n) is 15.5. The Labute approximate surface area is 323 Å². The van der Waals surface area contributed by atoms with Gasteiger partial charge in [-0.25, -0.2) is 0 Å². The maximum atomic E-state index is 6.55. The molecule has 13 rings (SSSR count). The molecule has 0 saturated heterocycles. The summed E-state index contributed by atoms with van der Waals surface area (Å²) in [5.41, 5.74) is 17.0. The minimum absolute atomic E-state index is 0.448. The van der Waals surface area contributed by atoms with Gasteiger partial charge in [0.05, 0.1) is 5.41 Å². The molecule has 0 atom stereocenters. The third kappa shape index (κ3) is 3.84. The second-order valence-corrected chi connectivity index (χ2v) is 15.5. The van der Waals surface area contributed by atoms with Crippen molar-refractivity contribution < 1.29 is 4.42 Å². The summed E-state index contributed by atoms with van der Waals surface area (Å²) in [5, 5.41) is 9.69. The van der Waals surface area contributed by atoms with Crippen molar-refractivity contribution in [2.45, 2.75) is 5.41 Å². The maximum Gasteiger partial charge on any atom is 0.136 e. The van der Waals surface area contributed by atoms with Gasteiger partial charge in [-0.1, -0.05) is 158 Å². The Kier molecular flexibility index (Phi) is 5.89. The van der Waals surface area contributed by atoms with Gasteiger partial charge in [0.15, 0.2) is 0 Å². The zero-order valence-corrected chi connectivity index (χ0v) is 30.4. The van der Waals surface area contributed by atoms with E-state index in [9.17, 15) is 0 Å². The number of hydrogen-bond donors (Lipinski definition) is 0. The average molecular weight is 709 g/mol. The Morgan fingerprint density at radius 2 is 0.875 bits per heavy atom. The van der Waals surface area contributed by atoms with Gasteiger partial charge in [-0.3, -0.25) is 0 Å². The summed E-state index contributed by atoms with van der Waals surface area (Å²) >= 11 is 0. The molecule has 56 heavy (non-hydrogen) atoms. The SMILES string of the molecule is c1ccc2c(c1)-c1ccccc1C21c2ccccc2-c2c1cc1cc(-c3cccc4oc5cc6ccccc6cc5c34)ccc1c2-c1ccc2ccccc2c1. The Hall–Kier alpha value is -7.22. The summed E-state index contributed by atoms with van der Waals surface area (Å²) in [5.74, 6) is 0. The van der Waals surface area contributed by atoms with Crippen LogP contribution in [0.3, 0.4) is 0 Å². The average Bonchev–Trinajstić information content (AvgIpc) is 3.88. The largest absolute Gasteiger partial charge is 0.456 e. The van der Waals surface area contributed by atoms with E-state index in [1.54, 1.807) is 0 Å². The summed E-state index contributed by atoms with van der Waals surface area (Å²) in [7, 11) is 0. The molecular weight excluding hydrogens is 677 g/mol. The van der Waals surface area contributed by atoms with Crippen LogP contribution in [0.4, 0.5) is 0 Å². The van der Waals surface area contributed by atoms with Crippen LogP contribution >= 0.6 is 0 Å². The van der Waals surface area contributed by atoms with E-state index in [2.05, 4.69) is 194 Å². The first kappa shape index (κ1) is 30.1. The zero-order valence-electron chi connectivity index (χ0n) is 30.4. The molecule has 2 aliphatic carbocycles. The fourth-order valence-corrected chi connectivity index (χ4v) is 10.5. The summed E-state index contributed by atoms with van der Waals surface area (Å²) in [6, 6.07) is 72.2. The lowest BCUT2D eigenvalue weighted by Crippen LogP contribution is -2.25. The van der Waals surface area contributed by atoms with Crippen molar-refractivity contribution in [2.24, 2.45) is 0 Å². The maximum absolute atomic E-state index is 6.55. The number of hydrogen-bond acceptors (Lipinski definition) is 1. The van der Waals surface area contributed by atoms with E-state index in [0.29, 0.717) is 0 Å². The first-order valence-electron chi connectivity index (χ1n) is 19.5. The smallest absolute Gasteiger partial charge is 0.136 e. The second kappa shape index (κ2) is 10.9. The number of fused-ring (bicyclic) bond motifs is 16. The summed E-state index contributed by atoms with van der Waals surface area (Å²) in [4.78, 5) is 0. The molecule has 258 valence electrons. The normalized spacial score (nSPS) is 13.5. The fourth-order valence-electron chi connectivity index (χ4n) is 10.5. The molecule has 0 fully saturated rings. The van der Waals surface area contributed by atoms with E-state index >= 15 is 0 Å². The lowest BCUT2D eigenvalue weighted by molar-refractivity contribution is 0.669. The molecule has 1 heterocycles. The highest BCUT2D eigenvalue weighted by Gasteiger charge is 2.52. The molecular formula is C55H32O. The predicted molar refractivity (Wildman–Crippen MR) is 233 cm³/mol. The molecule has 1 heteroatoms. The number of benzene rings is 10. The molecule has 10 aromatic carbocycles. The minimum atomic E-state index is -0.448. The third-order valence-corrected chi connectivity index (χ3v) is 12.8. The van der Waals surface area contributed by atoms with Crippen molar-refractivity contribution in [3.8, 4) is 44.5 Å². The van der Waals surface area contributed by atoms with Crippen molar-refractivity contribution in [1.29, 1.82) is 0 Å². The van der Waals surface area contributed by atoms with Crippen molar-refractivity contribution in [2.75, 3.05) is 0 Å². The van der Waals surface area contributed by atoms with Gasteiger partial charge in [0.1, 0.15) is 11.2 Å². The highest BCUT2D eigenvalue weighted by Crippen LogP contribution is 2.65. The topological polar surface area (TPSA) is 13.1 Å². The summed E-state index contributed by atoms with van der Waals surface area (Å²) < 4.78 is 6.55. The molecule has 0 N–H and O–H groups in total. The Morgan fingerprint density at radius 1 is 0.304 bits per heavy atom. The van der Waals surface area contributed by atoms with Crippen molar-refractivity contribution in [3.05, 3.63) is 216 Å². The standard InChI is InChI=1S/C55H32O/c1-2-13-34-28-38(25-24-33(34)12-1)52-41-27-26-37(40-19-11-23-50-53(40)45-30-35-14-3-4-15-36(35)32-51(45)56-50)29-39(41)31-49-54(52)44-18-7-10-22-48(44)55(49)46-20-8-5-16-42(46)43-17-6-9-21-47(43)55/h1-32H. The molecule has 1 aromatic heterocycles. The van der Waals surface area contributed by atoms with Crippen LogP contribution in [-0.4, -0.2) is 0 Å². The highest BCUT2D eigenvalue weighted by molar-refractivity contribution is 6.17.